The Balaban J connectivity index is 1.09. The van der Waals surface area contributed by atoms with E-state index in [9.17, 15) is 9.59 Å². The van der Waals surface area contributed by atoms with Gasteiger partial charge in [0.25, 0.3) is 0 Å². The van der Waals surface area contributed by atoms with Crippen molar-refractivity contribution in [3.63, 3.8) is 0 Å². The molecule has 4 nitrogen and oxygen atoms in total. The SMILES string of the molecule is C[C@@H]1CC2=CC(=O)CC[C@@H]2[C@@H]2[C@@H]1C1=CC[C@H](OC(=O)OC34CC5CC(CC(C5)C3)C4)[C@@]1(C)C[C@@H]2C. The zero-order valence-electron chi connectivity index (χ0n) is 21.8. The first-order valence-corrected chi connectivity index (χ1v) is 14.6. The highest BCUT2D eigenvalue weighted by atomic mass is 16.7. The third kappa shape index (κ3) is 3.44. The summed E-state index contributed by atoms with van der Waals surface area (Å²) in [6, 6.07) is 0. The predicted octanol–water partition coefficient (Wildman–Crippen LogP) is 7.03. The highest BCUT2D eigenvalue weighted by Gasteiger charge is 2.58. The van der Waals surface area contributed by atoms with E-state index < -0.39 is 6.16 Å². The second-order valence-corrected chi connectivity index (χ2v) is 14.2. The van der Waals surface area contributed by atoms with Crippen LogP contribution >= 0.6 is 0 Å². The molecule has 0 heterocycles. The molecule has 8 rings (SSSR count). The average Bonchev–Trinajstić information content (AvgIpc) is 3.07. The first-order chi connectivity index (χ1) is 16.7. The van der Waals surface area contributed by atoms with Gasteiger partial charge in [0, 0.05) is 18.3 Å². The van der Waals surface area contributed by atoms with Gasteiger partial charge in [-0.15, -0.1) is 0 Å². The minimum atomic E-state index is -0.407. The molecule has 4 bridgehead atoms. The summed E-state index contributed by atoms with van der Waals surface area (Å²) < 4.78 is 12.5. The van der Waals surface area contributed by atoms with Crippen LogP contribution in [0.25, 0.3) is 0 Å². The van der Waals surface area contributed by atoms with Gasteiger partial charge in [0.2, 0.25) is 0 Å². The number of carbonyl (C=O) groups excluding carboxylic acids is 2. The Labute approximate surface area is 210 Å². The van der Waals surface area contributed by atoms with Crippen molar-refractivity contribution in [3.8, 4) is 0 Å². The molecule has 8 aliphatic rings. The van der Waals surface area contributed by atoms with Gasteiger partial charge < -0.3 is 9.47 Å². The van der Waals surface area contributed by atoms with E-state index in [0.29, 0.717) is 41.8 Å². The largest absolute Gasteiger partial charge is 0.509 e. The van der Waals surface area contributed by atoms with Gasteiger partial charge in [0.1, 0.15) is 11.7 Å². The molecular weight excluding hydrogens is 436 g/mol. The maximum absolute atomic E-state index is 13.2. The van der Waals surface area contributed by atoms with Crippen LogP contribution in [0.1, 0.15) is 91.4 Å². The van der Waals surface area contributed by atoms with Gasteiger partial charge in [-0.2, -0.15) is 0 Å². The summed E-state index contributed by atoms with van der Waals surface area (Å²) in [5.41, 5.74) is 2.61. The maximum atomic E-state index is 13.2. The molecule has 8 aliphatic carbocycles. The summed E-state index contributed by atoms with van der Waals surface area (Å²) in [6.45, 7) is 7.14. The van der Waals surface area contributed by atoms with Gasteiger partial charge in [-0.1, -0.05) is 38.0 Å². The lowest BCUT2D eigenvalue weighted by atomic mass is 9.49. The van der Waals surface area contributed by atoms with Gasteiger partial charge in [0.05, 0.1) is 0 Å². The number of allylic oxidation sites excluding steroid dienone is 2. The summed E-state index contributed by atoms with van der Waals surface area (Å²) in [7, 11) is 0. The summed E-state index contributed by atoms with van der Waals surface area (Å²) in [5, 5.41) is 0. The number of fused-ring (bicyclic) bond motifs is 5. The van der Waals surface area contributed by atoms with Crippen LogP contribution in [-0.2, 0) is 14.3 Å². The van der Waals surface area contributed by atoms with E-state index in [-0.39, 0.29) is 17.1 Å². The van der Waals surface area contributed by atoms with Gasteiger partial charge in [0.15, 0.2) is 5.78 Å². The molecule has 6 fully saturated rings. The molecule has 6 saturated carbocycles. The third-order valence-electron chi connectivity index (χ3n) is 11.8. The Morgan fingerprint density at radius 3 is 2.37 bits per heavy atom. The van der Waals surface area contributed by atoms with E-state index in [4.69, 9.17) is 9.47 Å². The van der Waals surface area contributed by atoms with E-state index in [1.165, 1.54) is 30.4 Å². The first-order valence-electron chi connectivity index (χ1n) is 14.6. The summed E-state index contributed by atoms with van der Waals surface area (Å²) in [6.07, 6.45) is 15.7. The normalized spacial score (nSPS) is 51.6. The second-order valence-electron chi connectivity index (χ2n) is 14.2. The third-order valence-corrected chi connectivity index (χ3v) is 11.8. The fourth-order valence-electron chi connectivity index (χ4n) is 11.0. The Bertz CT molecular complexity index is 970. The van der Waals surface area contributed by atoms with Crippen LogP contribution in [0.15, 0.2) is 23.3 Å². The number of carbonyl (C=O) groups is 2. The Morgan fingerprint density at radius 1 is 1.00 bits per heavy atom. The predicted molar refractivity (Wildman–Crippen MR) is 133 cm³/mol. The smallest absolute Gasteiger partial charge is 0.430 e. The van der Waals surface area contributed by atoms with Crippen molar-refractivity contribution >= 4 is 11.9 Å². The lowest BCUT2D eigenvalue weighted by molar-refractivity contribution is -0.151. The number of ether oxygens (including phenoxy) is 2. The van der Waals surface area contributed by atoms with E-state index in [0.717, 1.165) is 62.7 Å². The number of hydrogen-bond acceptors (Lipinski definition) is 4. The molecule has 4 heteroatoms. The van der Waals surface area contributed by atoms with Crippen LogP contribution in [0.3, 0.4) is 0 Å². The van der Waals surface area contributed by atoms with Crippen molar-refractivity contribution < 1.29 is 19.1 Å². The molecule has 7 atom stereocenters. The fourth-order valence-corrected chi connectivity index (χ4v) is 11.0. The molecule has 0 spiro atoms. The van der Waals surface area contributed by atoms with Crippen molar-refractivity contribution in [1.82, 2.24) is 0 Å². The van der Waals surface area contributed by atoms with Crippen molar-refractivity contribution in [3.05, 3.63) is 23.3 Å². The lowest BCUT2D eigenvalue weighted by Crippen LogP contribution is -2.53. The highest BCUT2D eigenvalue weighted by Crippen LogP contribution is 2.63. The Morgan fingerprint density at radius 2 is 1.69 bits per heavy atom. The molecule has 190 valence electrons. The summed E-state index contributed by atoms with van der Waals surface area (Å²) in [4.78, 5) is 25.4. The molecule has 0 amide bonds. The molecule has 35 heavy (non-hydrogen) atoms. The van der Waals surface area contributed by atoms with Gasteiger partial charge in [-0.05, 0) is 111 Å². The average molecular weight is 479 g/mol. The van der Waals surface area contributed by atoms with Crippen molar-refractivity contribution in [1.29, 1.82) is 0 Å². The molecule has 0 saturated heterocycles. The molecule has 0 aromatic heterocycles. The number of ketones is 1. The van der Waals surface area contributed by atoms with Crippen LogP contribution in [-0.4, -0.2) is 23.6 Å². The van der Waals surface area contributed by atoms with Crippen LogP contribution < -0.4 is 0 Å². The topological polar surface area (TPSA) is 52.6 Å². The van der Waals surface area contributed by atoms with E-state index in [1.807, 2.05) is 6.08 Å². The van der Waals surface area contributed by atoms with Crippen molar-refractivity contribution in [2.24, 2.45) is 52.8 Å². The lowest BCUT2D eigenvalue weighted by Gasteiger charge is -2.56. The molecule has 0 radical (unpaired) electrons. The Hall–Kier alpha value is -1.58. The molecule has 0 N–H and O–H groups in total. The summed E-state index contributed by atoms with van der Waals surface area (Å²) >= 11 is 0. The zero-order chi connectivity index (χ0) is 24.1. The monoisotopic (exact) mass is 478 g/mol. The zero-order valence-corrected chi connectivity index (χ0v) is 21.8. The molecular formula is C31H42O4. The molecule has 0 aromatic rings. The Kier molecular flexibility index (Phi) is 4.98. The minimum absolute atomic E-state index is 0.0962. The minimum Gasteiger partial charge on any atom is -0.430 e. The van der Waals surface area contributed by atoms with Crippen LogP contribution in [0, 0.1) is 52.8 Å². The second kappa shape index (κ2) is 7.71. The van der Waals surface area contributed by atoms with Gasteiger partial charge in [-0.3, -0.25) is 4.79 Å². The van der Waals surface area contributed by atoms with Crippen LogP contribution in [0.5, 0.6) is 0 Å². The molecule has 0 unspecified atom stereocenters. The van der Waals surface area contributed by atoms with Crippen molar-refractivity contribution in [2.45, 2.75) is 103 Å². The van der Waals surface area contributed by atoms with Crippen LogP contribution in [0.2, 0.25) is 0 Å². The first kappa shape index (κ1) is 22.6. The van der Waals surface area contributed by atoms with E-state index in [1.54, 1.807) is 0 Å². The van der Waals surface area contributed by atoms with Crippen molar-refractivity contribution in [2.75, 3.05) is 0 Å². The maximum Gasteiger partial charge on any atom is 0.509 e. The van der Waals surface area contributed by atoms with Gasteiger partial charge >= 0.3 is 6.16 Å². The number of rotatable bonds is 2. The molecule has 0 aromatic carbocycles. The number of hydrogen-bond donors (Lipinski definition) is 0. The van der Waals surface area contributed by atoms with E-state index in [2.05, 4.69) is 26.8 Å². The van der Waals surface area contributed by atoms with Gasteiger partial charge in [-0.25, -0.2) is 4.79 Å². The fraction of sp³-hybridized carbons (Fsp3) is 0.806. The van der Waals surface area contributed by atoms with Crippen LogP contribution in [0.4, 0.5) is 4.79 Å². The highest BCUT2D eigenvalue weighted by molar-refractivity contribution is 5.91. The quantitative estimate of drug-likeness (QED) is 0.316. The summed E-state index contributed by atoms with van der Waals surface area (Å²) in [5.74, 6) is 5.35. The molecule has 0 aliphatic heterocycles. The standard InChI is InChI=1S/C31H42O4/c1-17-8-22-12-23(32)4-5-24(22)27-18(2)13-30(3)25(28(17)27)6-7-26(30)34-29(33)35-31-14-19-9-20(15-31)11-21(10-19)16-31/h6,12,17-21,24,26-28H,4-5,7-11,13-16H2,1-3H3/t17-,18+,19?,20?,21?,24+,26+,27-,28+,30+,31?/m1/s1. The van der Waals surface area contributed by atoms with E-state index >= 15 is 0 Å².